The molecule has 1 amide bonds. The van der Waals surface area contributed by atoms with E-state index in [1.54, 1.807) is 7.11 Å². The molecule has 0 unspecified atom stereocenters. The summed E-state index contributed by atoms with van der Waals surface area (Å²) < 4.78 is 10.8. The molecule has 2 aliphatic rings. The highest BCUT2D eigenvalue weighted by molar-refractivity contribution is 7.14. The minimum Gasteiger partial charge on any atom is -0.495 e. The van der Waals surface area contributed by atoms with Gasteiger partial charge in [0.15, 0.2) is 0 Å². The maximum atomic E-state index is 12.9. The fourth-order valence-electron chi connectivity index (χ4n) is 3.68. The summed E-state index contributed by atoms with van der Waals surface area (Å²) in [6.07, 6.45) is 1.10. The Kier molecular flexibility index (Phi) is 5.24. The second kappa shape index (κ2) is 7.20. The van der Waals surface area contributed by atoms with E-state index in [9.17, 15) is 4.79 Å². The Hall–Kier alpha value is -1.11. The smallest absolute Gasteiger partial charge is 0.267 e. The Morgan fingerprint density at radius 3 is 2.78 bits per heavy atom. The standard InChI is InChI=1S/C17H26N2O3S/c1-4-13-10-19(11-14(13)18-5-7-22-8-6-18)17(20)16-15(21-3)9-12(2)23-16/h9,13-14H,4-8,10-11H2,1-3H3/t13-,14+/m1/s1. The van der Waals surface area contributed by atoms with Gasteiger partial charge in [-0.05, 0) is 18.9 Å². The fourth-order valence-corrected chi connectivity index (χ4v) is 4.63. The van der Waals surface area contributed by atoms with E-state index < -0.39 is 0 Å². The summed E-state index contributed by atoms with van der Waals surface area (Å²) in [5.74, 6) is 1.37. The van der Waals surface area contributed by atoms with Crippen LogP contribution in [-0.2, 0) is 4.74 Å². The van der Waals surface area contributed by atoms with E-state index in [-0.39, 0.29) is 5.91 Å². The minimum absolute atomic E-state index is 0.120. The van der Waals surface area contributed by atoms with Crippen molar-refractivity contribution < 1.29 is 14.3 Å². The molecule has 0 N–H and O–H groups in total. The van der Waals surface area contributed by atoms with Gasteiger partial charge in [0, 0.05) is 37.1 Å². The van der Waals surface area contributed by atoms with Gasteiger partial charge in [0.2, 0.25) is 0 Å². The van der Waals surface area contributed by atoms with Crippen LogP contribution in [0.5, 0.6) is 5.75 Å². The van der Waals surface area contributed by atoms with Crippen molar-refractivity contribution >= 4 is 17.2 Å². The lowest BCUT2D eigenvalue weighted by Gasteiger charge is -2.34. The van der Waals surface area contributed by atoms with Gasteiger partial charge >= 0.3 is 0 Å². The van der Waals surface area contributed by atoms with E-state index >= 15 is 0 Å². The molecule has 1 aromatic heterocycles. The highest BCUT2D eigenvalue weighted by atomic mass is 32.1. The van der Waals surface area contributed by atoms with Crippen LogP contribution in [0, 0.1) is 12.8 Å². The first-order valence-corrected chi connectivity index (χ1v) is 9.21. The summed E-state index contributed by atoms with van der Waals surface area (Å²) in [5.41, 5.74) is 0. The number of thiophene rings is 1. The van der Waals surface area contributed by atoms with Crippen LogP contribution in [-0.4, -0.2) is 68.3 Å². The molecule has 6 heteroatoms. The third kappa shape index (κ3) is 3.39. The zero-order valence-corrected chi connectivity index (χ0v) is 15.0. The molecule has 0 saturated carbocycles. The molecule has 0 radical (unpaired) electrons. The second-order valence-corrected chi connectivity index (χ2v) is 7.61. The number of hydrogen-bond donors (Lipinski definition) is 0. The molecular formula is C17H26N2O3S. The molecular weight excluding hydrogens is 312 g/mol. The number of likely N-dealkylation sites (tertiary alicyclic amines) is 1. The van der Waals surface area contributed by atoms with Gasteiger partial charge < -0.3 is 14.4 Å². The molecule has 5 nitrogen and oxygen atoms in total. The number of amides is 1. The first-order chi connectivity index (χ1) is 11.1. The van der Waals surface area contributed by atoms with Crippen LogP contribution in [0.3, 0.4) is 0 Å². The van der Waals surface area contributed by atoms with Gasteiger partial charge in [0.05, 0.1) is 20.3 Å². The first kappa shape index (κ1) is 16.7. The quantitative estimate of drug-likeness (QED) is 0.844. The lowest BCUT2D eigenvalue weighted by atomic mass is 9.99. The summed E-state index contributed by atoms with van der Waals surface area (Å²) in [4.78, 5) is 19.3. The number of nitrogens with zero attached hydrogens (tertiary/aromatic N) is 2. The predicted octanol–water partition coefficient (Wildman–Crippen LogP) is 2.25. The van der Waals surface area contributed by atoms with Gasteiger partial charge in [-0.25, -0.2) is 0 Å². The fraction of sp³-hybridized carbons (Fsp3) is 0.706. The van der Waals surface area contributed by atoms with Crippen LogP contribution in [0.1, 0.15) is 27.9 Å². The topological polar surface area (TPSA) is 42.0 Å². The first-order valence-electron chi connectivity index (χ1n) is 8.39. The van der Waals surface area contributed by atoms with Crippen molar-refractivity contribution in [1.29, 1.82) is 0 Å². The van der Waals surface area contributed by atoms with E-state index in [1.807, 2.05) is 17.9 Å². The normalized spacial score (nSPS) is 25.8. The molecule has 128 valence electrons. The average molecular weight is 338 g/mol. The predicted molar refractivity (Wildman–Crippen MR) is 91.5 cm³/mol. The third-order valence-corrected chi connectivity index (χ3v) is 5.99. The van der Waals surface area contributed by atoms with Crippen molar-refractivity contribution in [1.82, 2.24) is 9.80 Å². The van der Waals surface area contributed by atoms with E-state index in [0.717, 1.165) is 55.6 Å². The number of morpholine rings is 1. The van der Waals surface area contributed by atoms with Gasteiger partial charge in [-0.1, -0.05) is 13.3 Å². The van der Waals surface area contributed by atoms with Gasteiger partial charge in [-0.3, -0.25) is 9.69 Å². The Bertz CT molecular complexity index is 554. The lowest BCUT2D eigenvalue weighted by Crippen LogP contribution is -2.47. The van der Waals surface area contributed by atoms with Crippen molar-refractivity contribution in [3.05, 3.63) is 15.8 Å². The monoisotopic (exact) mass is 338 g/mol. The highest BCUT2D eigenvalue weighted by Crippen LogP contribution is 2.33. The van der Waals surface area contributed by atoms with Crippen LogP contribution in [0.25, 0.3) is 0 Å². The van der Waals surface area contributed by atoms with Crippen LogP contribution < -0.4 is 4.74 Å². The van der Waals surface area contributed by atoms with Crippen LogP contribution in [0.4, 0.5) is 0 Å². The van der Waals surface area contributed by atoms with E-state index in [2.05, 4.69) is 11.8 Å². The van der Waals surface area contributed by atoms with Gasteiger partial charge in [-0.2, -0.15) is 0 Å². The van der Waals surface area contributed by atoms with Crippen molar-refractivity contribution in [3.8, 4) is 5.75 Å². The van der Waals surface area contributed by atoms with E-state index in [0.29, 0.717) is 17.7 Å². The average Bonchev–Trinajstić information content (AvgIpc) is 3.18. The Labute approximate surface area is 142 Å². The van der Waals surface area contributed by atoms with Crippen LogP contribution in [0.15, 0.2) is 6.07 Å². The van der Waals surface area contributed by atoms with Crippen LogP contribution >= 0.6 is 11.3 Å². The molecule has 1 aromatic rings. The van der Waals surface area contributed by atoms with Gasteiger partial charge in [0.25, 0.3) is 5.91 Å². The summed E-state index contributed by atoms with van der Waals surface area (Å²) in [7, 11) is 1.63. The summed E-state index contributed by atoms with van der Waals surface area (Å²) in [6, 6.07) is 2.41. The molecule has 3 rings (SSSR count). The van der Waals surface area contributed by atoms with E-state index in [4.69, 9.17) is 9.47 Å². The summed E-state index contributed by atoms with van der Waals surface area (Å²) >= 11 is 1.53. The molecule has 0 spiro atoms. The molecule has 23 heavy (non-hydrogen) atoms. The summed E-state index contributed by atoms with van der Waals surface area (Å²) in [6.45, 7) is 9.46. The molecule has 2 saturated heterocycles. The highest BCUT2D eigenvalue weighted by Gasteiger charge is 2.39. The number of aryl methyl sites for hydroxylation is 1. The molecule has 0 aliphatic carbocycles. The number of hydrogen-bond acceptors (Lipinski definition) is 5. The zero-order valence-electron chi connectivity index (χ0n) is 14.2. The largest absolute Gasteiger partial charge is 0.495 e. The number of carbonyl (C=O) groups is 1. The zero-order chi connectivity index (χ0) is 16.4. The number of ether oxygens (including phenoxy) is 2. The molecule has 2 fully saturated rings. The third-order valence-electron chi connectivity index (χ3n) is 4.97. The van der Waals surface area contributed by atoms with Crippen molar-refractivity contribution in [2.75, 3.05) is 46.5 Å². The Morgan fingerprint density at radius 2 is 2.13 bits per heavy atom. The van der Waals surface area contributed by atoms with Crippen LogP contribution in [0.2, 0.25) is 0 Å². The number of methoxy groups -OCH3 is 1. The van der Waals surface area contributed by atoms with Crippen molar-refractivity contribution in [2.45, 2.75) is 26.3 Å². The van der Waals surface area contributed by atoms with Gasteiger partial charge in [0.1, 0.15) is 10.6 Å². The maximum Gasteiger partial charge on any atom is 0.267 e. The van der Waals surface area contributed by atoms with Crippen molar-refractivity contribution in [3.63, 3.8) is 0 Å². The van der Waals surface area contributed by atoms with Gasteiger partial charge in [-0.15, -0.1) is 11.3 Å². The molecule has 2 aliphatic heterocycles. The van der Waals surface area contributed by atoms with Crippen molar-refractivity contribution in [2.24, 2.45) is 5.92 Å². The van der Waals surface area contributed by atoms with E-state index in [1.165, 1.54) is 11.3 Å². The second-order valence-electron chi connectivity index (χ2n) is 6.35. The number of rotatable bonds is 4. The Balaban J connectivity index is 1.74. The maximum absolute atomic E-state index is 12.9. The minimum atomic E-state index is 0.120. The molecule has 0 bridgehead atoms. The SMILES string of the molecule is CC[C@@H]1CN(C(=O)c2sc(C)cc2OC)C[C@@H]1N1CCOCC1. The lowest BCUT2D eigenvalue weighted by molar-refractivity contribution is 0.0103. The Morgan fingerprint density at radius 1 is 1.39 bits per heavy atom. The molecule has 2 atom stereocenters. The molecule has 3 heterocycles. The number of carbonyl (C=O) groups excluding carboxylic acids is 1. The molecule has 0 aromatic carbocycles. The summed E-state index contributed by atoms with van der Waals surface area (Å²) in [5, 5.41) is 0.